The number of halogens is 1. The molecule has 0 radical (unpaired) electrons. The van der Waals surface area contributed by atoms with Crippen LogP contribution in [0.2, 0.25) is 0 Å². The molecule has 0 aromatic heterocycles. The predicted octanol–water partition coefficient (Wildman–Crippen LogP) is 2.87. The van der Waals surface area contributed by atoms with E-state index >= 15 is 0 Å². The van der Waals surface area contributed by atoms with Gasteiger partial charge in [0.05, 0.1) is 13.7 Å². The molecule has 0 spiro atoms. The summed E-state index contributed by atoms with van der Waals surface area (Å²) in [7, 11) is 1.27. The van der Waals surface area contributed by atoms with Gasteiger partial charge in [0, 0.05) is 10.9 Å². The number of methoxy groups -OCH3 is 1. The van der Waals surface area contributed by atoms with E-state index in [2.05, 4.69) is 26.6 Å². The number of benzene rings is 1. The summed E-state index contributed by atoms with van der Waals surface area (Å²) in [5, 5.41) is 5.26. The summed E-state index contributed by atoms with van der Waals surface area (Å²) >= 11 is 3.33. The Balaban J connectivity index is 1.85. The van der Waals surface area contributed by atoms with E-state index in [1.807, 2.05) is 0 Å². The number of carbonyl (C=O) groups is 3. The number of nitrogens with one attached hydrogen (secondary N) is 2. The van der Waals surface area contributed by atoms with E-state index in [0.717, 1.165) is 17.3 Å². The maximum Gasteiger partial charge on any atom is 0.333 e. The van der Waals surface area contributed by atoms with Crippen LogP contribution in [0.3, 0.4) is 0 Å². The number of amides is 2. The monoisotopic (exact) mass is 424 g/mol. The number of carbonyl (C=O) groups excluding carboxylic acids is 3. The first kappa shape index (κ1) is 20.4. The Bertz CT molecular complexity index is 627. The molecule has 1 fully saturated rings. The average Bonchev–Trinajstić information content (AvgIpc) is 2.65. The minimum Gasteiger partial charge on any atom is -0.467 e. The van der Waals surface area contributed by atoms with Gasteiger partial charge in [-0.15, -0.1) is 0 Å². The van der Waals surface area contributed by atoms with Gasteiger partial charge in [-0.05, 0) is 36.5 Å². The summed E-state index contributed by atoms with van der Waals surface area (Å²) < 4.78 is 5.64. The number of esters is 1. The van der Waals surface area contributed by atoms with Crippen LogP contribution in [-0.2, 0) is 19.1 Å². The average molecular weight is 425 g/mol. The number of hydrogen-bond donors (Lipinski definition) is 2. The van der Waals surface area contributed by atoms with Gasteiger partial charge in [-0.2, -0.15) is 0 Å². The zero-order valence-corrected chi connectivity index (χ0v) is 16.5. The van der Waals surface area contributed by atoms with Crippen molar-refractivity contribution in [3.8, 4) is 0 Å². The first-order valence-electron chi connectivity index (χ1n) is 8.89. The number of rotatable bonds is 7. The van der Waals surface area contributed by atoms with Gasteiger partial charge in [-0.1, -0.05) is 47.3 Å². The fraction of sp³-hybridized carbons (Fsp3) is 0.526. The molecule has 7 heteroatoms. The Morgan fingerprint density at radius 2 is 1.77 bits per heavy atom. The molecule has 142 valence electrons. The third-order valence-corrected chi connectivity index (χ3v) is 5.12. The lowest BCUT2D eigenvalue weighted by Gasteiger charge is -2.21. The third-order valence-electron chi connectivity index (χ3n) is 4.59. The van der Waals surface area contributed by atoms with Crippen LogP contribution in [0.5, 0.6) is 0 Å². The summed E-state index contributed by atoms with van der Waals surface area (Å²) in [5.74, 6) is -0.697. The molecule has 0 aliphatic heterocycles. The van der Waals surface area contributed by atoms with E-state index in [9.17, 15) is 14.4 Å². The SMILES string of the molecule is COC(=O)C(NC(=O)CNC(=O)CC1CCCCC1)c1ccc(Br)cc1. The highest BCUT2D eigenvalue weighted by atomic mass is 79.9. The van der Waals surface area contributed by atoms with Crippen molar-refractivity contribution in [3.05, 3.63) is 34.3 Å². The molecule has 2 N–H and O–H groups in total. The van der Waals surface area contributed by atoms with Crippen LogP contribution >= 0.6 is 15.9 Å². The predicted molar refractivity (Wildman–Crippen MR) is 101 cm³/mol. The fourth-order valence-corrected chi connectivity index (χ4v) is 3.43. The van der Waals surface area contributed by atoms with E-state index < -0.39 is 17.9 Å². The summed E-state index contributed by atoms with van der Waals surface area (Å²) in [6.07, 6.45) is 6.20. The Kier molecular flexibility index (Phi) is 8.09. The molecule has 1 unspecified atom stereocenters. The van der Waals surface area contributed by atoms with Crippen molar-refractivity contribution in [2.45, 2.75) is 44.6 Å². The van der Waals surface area contributed by atoms with E-state index in [-0.39, 0.29) is 12.5 Å². The molecular formula is C19H25BrN2O4. The van der Waals surface area contributed by atoms with Gasteiger partial charge in [-0.3, -0.25) is 9.59 Å². The summed E-state index contributed by atoms with van der Waals surface area (Å²) in [4.78, 5) is 36.2. The zero-order valence-electron chi connectivity index (χ0n) is 14.9. The van der Waals surface area contributed by atoms with Crippen LogP contribution in [0.25, 0.3) is 0 Å². The van der Waals surface area contributed by atoms with Crippen LogP contribution in [-0.4, -0.2) is 31.4 Å². The van der Waals surface area contributed by atoms with E-state index in [4.69, 9.17) is 4.74 Å². The molecule has 2 amide bonds. The van der Waals surface area contributed by atoms with E-state index in [0.29, 0.717) is 17.9 Å². The molecule has 0 saturated heterocycles. The number of ether oxygens (including phenoxy) is 1. The summed E-state index contributed by atoms with van der Waals surface area (Å²) in [5.41, 5.74) is 0.613. The van der Waals surface area contributed by atoms with Gasteiger partial charge >= 0.3 is 5.97 Å². The topological polar surface area (TPSA) is 84.5 Å². The normalized spacial score (nSPS) is 15.8. The smallest absolute Gasteiger partial charge is 0.333 e. The van der Waals surface area contributed by atoms with Crippen LogP contribution in [0.15, 0.2) is 28.7 Å². The highest BCUT2D eigenvalue weighted by Crippen LogP contribution is 2.26. The quantitative estimate of drug-likeness (QED) is 0.658. The van der Waals surface area contributed by atoms with Gasteiger partial charge in [0.25, 0.3) is 0 Å². The van der Waals surface area contributed by atoms with Gasteiger partial charge in [0.1, 0.15) is 0 Å². The third kappa shape index (κ3) is 6.44. The standard InChI is InChI=1S/C19H25BrN2O4/c1-26-19(25)18(14-7-9-15(20)10-8-14)22-17(24)12-21-16(23)11-13-5-3-2-4-6-13/h7-10,13,18H,2-6,11-12H2,1H3,(H,21,23)(H,22,24). The molecule has 2 rings (SSSR count). The van der Waals surface area contributed by atoms with Crippen molar-refractivity contribution in [1.82, 2.24) is 10.6 Å². The molecule has 0 heterocycles. The molecular weight excluding hydrogens is 400 g/mol. The molecule has 1 aromatic rings. The largest absolute Gasteiger partial charge is 0.467 e. The minimum absolute atomic E-state index is 0.120. The van der Waals surface area contributed by atoms with Crippen LogP contribution < -0.4 is 10.6 Å². The van der Waals surface area contributed by atoms with Gasteiger partial charge in [-0.25, -0.2) is 4.79 Å². The lowest BCUT2D eigenvalue weighted by Crippen LogP contribution is -2.41. The summed E-state index contributed by atoms with van der Waals surface area (Å²) in [6.45, 7) is -0.157. The van der Waals surface area contributed by atoms with Crippen molar-refractivity contribution in [3.63, 3.8) is 0 Å². The van der Waals surface area contributed by atoms with Gasteiger partial charge in [0.15, 0.2) is 6.04 Å². The Hall–Kier alpha value is -1.89. The summed E-state index contributed by atoms with van der Waals surface area (Å²) in [6, 6.07) is 6.12. The van der Waals surface area contributed by atoms with Crippen molar-refractivity contribution in [1.29, 1.82) is 0 Å². The highest BCUT2D eigenvalue weighted by Gasteiger charge is 2.24. The molecule has 1 aromatic carbocycles. The number of hydrogen-bond acceptors (Lipinski definition) is 4. The Morgan fingerprint density at radius 3 is 2.38 bits per heavy atom. The second-order valence-corrected chi connectivity index (χ2v) is 7.48. The second kappa shape index (κ2) is 10.3. The maximum atomic E-state index is 12.2. The lowest BCUT2D eigenvalue weighted by molar-refractivity contribution is -0.145. The molecule has 1 saturated carbocycles. The Morgan fingerprint density at radius 1 is 1.12 bits per heavy atom. The first-order chi connectivity index (χ1) is 12.5. The highest BCUT2D eigenvalue weighted by molar-refractivity contribution is 9.10. The van der Waals surface area contributed by atoms with E-state index in [1.165, 1.54) is 26.4 Å². The van der Waals surface area contributed by atoms with Crippen molar-refractivity contribution in [2.24, 2.45) is 5.92 Å². The molecule has 1 aliphatic rings. The second-order valence-electron chi connectivity index (χ2n) is 6.56. The first-order valence-corrected chi connectivity index (χ1v) is 9.68. The Labute approximate surface area is 162 Å². The van der Waals surface area contributed by atoms with Gasteiger partial charge < -0.3 is 15.4 Å². The minimum atomic E-state index is -0.907. The molecule has 1 aliphatic carbocycles. The molecule has 26 heavy (non-hydrogen) atoms. The van der Waals surface area contributed by atoms with Gasteiger partial charge in [0.2, 0.25) is 11.8 Å². The van der Waals surface area contributed by atoms with Crippen molar-refractivity contribution in [2.75, 3.05) is 13.7 Å². The fourth-order valence-electron chi connectivity index (χ4n) is 3.17. The molecule has 6 nitrogen and oxygen atoms in total. The molecule has 0 bridgehead atoms. The molecule has 1 atom stereocenters. The van der Waals surface area contributed by atoms with Crippen LogP contribution in [0.1, 0.15) is 50.1 Å². The van der Waals surface area contributed by atoms with Crippen molar-refractivity contribution < 1.29 is 19.1 Å². The zero-order chi connectivity index (χ0) is 18.9. The lowest BCUT2D eigenvalue weighted by atomic mass is 9.87. The van der Waals surface area contributed by atoms with Crippen LogP contribution in [0, 0.1) is 5.92 Å². The van der Waals surface area contributed by atoms with Crippen LogP contribution in [0.4, 0.5) is 0 Å². The maximum absolute atomic E-state index is 12.2. The van der Waals surface area contributed by atoms with Crippen molar-refractivity contribution >= 4 is 33.7 Å². The van der Waals surface area contributed by atoms with E-state index in [1.54, 1.807) is 24.3 Å².